The normalized spacial score (nSPS) is 38.9. The third-order valence-corrected chi connectivity index (χ3v) is 5.19. The summed E-state index contributed by atoms with van der Waals surface area (Å²) in [5, 5.41) is 10.4. The number of aliphatic hydroxyl groups is 1. The molecule has 0 aromatic rings. The molecule has 1 N–H and O–H groups in total. The highest BCUT2D eigenvalue weighted by Crippen LogP contribution is 2.46. The lowest BCUT2D eigenvalue weighted by molar-refractivity contribution is -0.169. The van der Waals surface area contributed by atoms with Gasteiger partial charge in [-0.25, -0.2) is 4.79 Å². The van der Waals surface area contributed by atoms with Crippen molar-refractivity contribution in [3.63, 3.8) is 0 Å². The zero-order valence-corrected chi connectivity index (χ0v) is 15.4. The Balaban J connectivity index is 1.66. The molecule has 5 atom stereocenters. The van der Waals surface area contributed by atoms with Crippen LogP contribution in [0.15, 0.2) is 0 Å². The lowest BCUT2D eigenvalue weighted by Crippen LogP contribution is -2.46. The molecule has 0 spiro atoms. The highest BCUT2D eigenvalue weighted by atomic mass is 16.8. The average Bonchev–Trinajstić information content (AvgIpc) is 2.92. The summed E-state index contributed by atoms with van der Waals surface area (Å²) in [7, 11) is 0. The summed E-state index contributed by atoms with van der Waals surface area (Å²) in [6.07, 6.45) is 1.62. The van der Waals surface area contributed by atoms with Gasteiger partial charge in [-0.15, -0.1) is 0 Å². The first-order chi connectivity index (χ1) is 11.1. The van der Waals surface area contributed by atoms with Crippen molar-refractivity contribution in [1.82, 2.24) is 4.90 Å². The Morgan fingerprint density at radius 1 is 1.25 bits per heavy atom. The molecule has 0 radical (unpaired) electrons. The Morgan fingerprint density at radius 2 is 1.92 bits per heavy atom. The second kappa shape index (κ2) is 6.15. The van der Waals surface area contributed by atoms with Gasteiger partial charge in [-0.05, 0) is 65.7 Å². The molecule has 3 rings (SSSR count). The van der Waals surface area contributed by atoms with E-state index >= 15 is 0 Å². The molecule has 1 unspecified atom stereocenters. The minimum Gasteiger partial charge on any atom is -0.444 e. The quantitative estimate of drug-likeness (QED) is 0.794. The molecule has 0 aromatic heterocycles. The fourth-order valence-electron chi connectivity index (χ4n) is 4.31. The van der Waals surface area contributed by atoms with Crippen LogP contribution in [0.3, 0.4) is 0 Å². The Hall–Kier alpha value is -0.850. The van der Waals surface area contributed by atoms with Crippen LogP contribution in [0, 0.1) is 11.8 Å². The molecular formula is C18H31NO5. The Bertz CT molecular complexity index is 486. The zero-order valence-electron chi connectivity index (χ0n) is 15.4. The van der Waals surface area contributed by atoms with E-state index in [4.69, 9.17) is 14.2 Å². The molecule has 24 heavy (non-hydrogen) atoms. The average molecular weight is 341 g/mol. The third-order valence-electron chi connectivity index (χ3n) is 5.19. The van der Waals surface area contributed by atoms with Crippen molar-refractivity contribution in [2.45, 2.75) is 83.6 Å². The first-order valence-corrected chi connectivity index (χ1v) is 9.07. The van der Waals surface area contributed by atoms with Crippen molar-refractivity contribution < 1.29 is 24.1 Å². The van der Waals surface area contributed by atoms with E-state index in [0.29, 0.717) is 18.9 Å². The molecule has 2 aliphatic heterocycles. The number of nitrogens with zero attached hydrogens (tertiary/aromatic N) is 1. The summed E-state index contributed by atoms with van der Waals surface area (Å²) in [4.78, 5) is 14.2. The van der Waals surface area contributed by atoms with Gasteiger partial charge in [-0.2, -0.15) is 0 Å². The van der Waals surface area contributed by atoms with Gasteiger partial charge in [-0.3, -0.25) is 0 Å². The summed E-state index contributed by atoms with van der Waals surface area (Å²) < 4.78 is 17.4. The van der Waals surface area contributed by atoms with Crippen molar-refractivity contribution >= 4 is 6.09 Å². The number of likely N-dealkylation sites (tertiary alicyclic amines) is 1. The van der Waals surface area contributed by atoms with Gasteiger partial charge in [0, 0.05) is 13.1 Å². The molecule has 1 amide bonds. The van der Waals surface area contributed by atoms with Crippen molar-refractivity contribution in [1.29, 1.82) is 0 Å². The van der Waals surface area contributed by atoms with E-state index in [1.807, 2.05) is 34.6 Å². The molecule has 3 aliphatic rings. The van der Waals surface area contributed by atoms with E-state index in [2.05, 4.69) is 0 Å². The molecule has 2 heterocycles. The van der Waals surface area contributed by atoms with Gasteiger partial charge in [0.25, 0.3) is 0 Å². The van der Waals surface area contributed by atoms with Crippen LogP contribution in [0.25, 0.3) is 0 Å². The number of piperidine rings is 1. The van der Waals surface area contributed by atoms with Crippen molar-refractivity contribution in [3.8, 4) is 0 Å². The van der Waals surface area contributed by atoms with Gasteiger partial charge >= 0.3 is 6.09 Å². The van der Waals surface area contributed by atoms with Crippen LogP contribution in [-0.2, 0) is 14.2 Å². The van der Waals surface area contributed by atoms with Crippen molar-refractivity contribution in [2.75, 3.05) is 13.1 Å². The second-order valence-corrected chi connectivity index (χ2v) is 8.86. The molecule has 0 aromatic carbocycles. The maximum atomic E-state index is 12.4. The second-order valence-electron chi connectivity index (χ2n) is 8.86. The Labute approximate surface area is 144 Å². The molecule has 1 saturated carbocycles. The first kappa shape index (κ1) is 18.0. The fourth-order valence-corrected chi connectivity index (χ4v) is 4.31. The fraction of sp³-hybridized carbons (Fsp3) is 0.944. The summed E-state index contributed by atoms with van der Waals surface area (Å²) in [6.45, 7) is 10.8. The van der Waals surface area contributed by atoms with Gasteiger partial charge < -0.3 is 24.2 Å². The van der Waals surface area contributed by atoms with Gasteiger partial charge in [0.2, 0.25) is 0 Å². The summed E-state index contributed by atoms with van der Waals surface area (Å²) in [5.41, 5.74) is -0.481. The van der Waals surface area contributed by atoms with Crippen LogP contribution in [0.5, 0.6) is 0 Å². The number of fused-ring (bicyclic) bond motifs is 1. The molecule has 3 fully saturated rings. The highest BCUT2D eigenvalue weighted by Gasteiger charge is 2.55. The van der Waals surface area contributed by atoms with Gasteiger partial charge in [0.05, 0.1) is 12.2 Å². The minimum atomic E-state index is -0.644. The molecular weight excluding hydrogens is 310 g/mol. The third kappa shape index (κ3) is 3.70. The van der Waals surface area contributed by atoms with Gasteiger partial charge in [-0.1, -0.05) is 0 Å². The van der Waals surface area contributed by atoms with Crippen molar-refractivity contribution in [3.05, 3.63) is 0 Å². The number of hydrogen-bond donors (Lipinski definition) is 1. The molecule has 2 saturated heterocycles. The van der Waals surface area contributed by atoms with E-state index < -0.39 is 17.5 Å². The molecule has 0 bridgehead atoms. The number of hydrogen-bond acceptors (Lipinski definition) is 5. The van der Waals surface area contributed by atoms with Gasteiger partial charge in [0.15, 0.2) is 5.79 Å². The highest BCUT2D eigenvalue weighted by molar-refractivity contribution is 5.68. The largest absolute Gasteiger partial charge is 0.444 e. The summed E-state index contributed by atoms with van der Waals surface area (Å²) in [5.74, 6) is -0.112. The van der Waals surface area contributed by atoms with Crippen LogP contribution in [0.1, 0.15) is 53.9 Å². The van der Waals surface area contributed by atoms with E-state index in [9.17, 15) is 9.90 Å². The monoisotopic (exact) mass is 341 g/mol. The molecule has 6 heteroatoms. The van der Waals surface area contributed by atoms with Crippen LogP contribution in [0.2, 0.25) is 0 Å². The number of amides is 1. The van der Waals surface area contributed by atoms with Crippen LogP contribution < -0.4 is 0 Å². The van der Waals surface area contributed by atoms with E-state index in [1.165, 1.54) is 0 Å². The lowest BCUT2D eigenvalue weighted by atomic mass is 9.83. The predicted molar refractivity (Wildman–Crippen MR) is 88.5 cm³/mol. The van der Waals surface area contributed by atoms with E-state index in [1.54, 1.807) is 4.90 Å². The van der Waals surface area contributed by atoms with E-state index in [0.717, 1.165) is 19.4 Å². The lowest BCUT2D eigenvalue weighted by Gasteiger charge is -2.38. The Kier molecular flexibility index (Phi) is 4.60. The summed E-state index contributed by atoms with van der Waals surface area (Å²) >= 11 is 0. The summed E-state index contributed by atoms with van der Waals surface area (Å²) in [6, 6.07) is 0. The number of aliphatic hydroxyl groups excluding tert-OH is 1. The number of carbonyl (C=O) groups is 1. The standard InChI is InChI=1S/C18H31NO5/c1-17(2,3)24-16(21)19-8-6-7-11(10-19)12-9-13(20)15-14(12)22-18(4,5)23-15/h11-15,20H,6-10H2,1-5H3/t11?,12-,13+,14-,15+/m1/s1. The maximum absolute atomic E-state index is 12.4. The topological polar surface area (TPSA) is 68.2 Å². The SMILES string of the molecule is CC(C)(C)OC(=O)N1CCCC([C@H]2C[C@H](O)[C@@H]3OC(C)(C)O[C@@H]32)C1. The van der Waals surface area contributed by atoms with Crippen LogP contribution >= 0.6 is 0 Å². The first-order valence-electron chi connectivity index (χ1n) is 9.07. The van der Waals surface area contributed by atoms with Gasteiger partial charge in [0.1, 0.15) is 11.7 Å². The predicted octanol–water partition coefficient (Wildman–Crippen LogP) is 2.53. The Morgan fingerprint density at radius 3 is 2.58 bits per heavy atom. The van der Waals surface area contributed by atoms with Crippen molar-refractivity contribution in [2.24, 2.45) is 11.8 Å². The van der Waals surface area contributed by atoms with Crippen LogP contribution in [-0.4, -0.2) is 58.9 Å². The smallest absolute Gasteiger partial charge is 0.410 e. The number of rotatable bonds is 1. The maximum Gasteiger partial charge on any atom is 0.410 e. The molecule has 138 valence electrons. The minimum absolute atomic E-state index is 0.0846. The molecule has 6 nitrogen and oxygen atoms in total. The number of ether oxygens (including phenoxy) is 3. The zero-order chi connectivity index (χ0) is 17.7. The van der Waals surface area contributed by atoms with Crippen LogP contribution in [0.4, 0.5) is 4.79 Å². The molecule has 1 aliphatic carbocycles. The van der Waals surface area contributed by atoms with E-state index in [-0.39, 0.29) is 24.2 Å². The number of carbonyl (C=O) groups excluding carboxylic acids is 1.